The Balaban J connectivity index is 1.75. The average Bonchev–Trinajstić information content (AvgIpc) is 2.82. The molecule has 0 aliphatic carbocycles. The first-order valence-corrected chi connectivity index (χ1v) is 10.8. The molecule has 6 heteroatoms. The quantitative estimate of drug-likeness (QED) is 0.470. The molecule has 0 saturated carbocycles. The SMILES string of the molecule is C/C=C\C(=C/C)c1cc(Cc2cccc(C(=O)NCc3cnc(OC)c(F)c3)c2C)ccn1. The van der Waals surface area contributed by atoms with E-state index in [0.29, 0.717) is 17.5 Å². The minimum atomic E-state index is -0.561. The van der Waals surface area contributed by atoms with Gasteiger partial charge < -0.3 is 10.1 Å². The number of aromatic nitrogens is 2. The maximum absolute atomic E-state index is 13.9. The molecular formula is C27H28FN3O2. The molecule has 0 unspecified atom stereocenters. The lowest BCUT2D eigenvalue weighted by Crippen LogP contribution is -2.24. The molecule has 1 N–H and O–H groups in total. The highest BCUT2D eigenvalue weighted by molar-refractivity contribution is 5.95. The van der Waals surface area contributed by atoms with Crippen molar-refractivity contribution in [2.24, 2.45) is 0 Å². The number of halogens is 1. The zero-order valence-electron chi connectivity index (χ0n) is 19.4. The van der Waals surface area contributed by atoms with Crippen LogP contribution < -0.4 is 10.1 Å². The molecule has 3 rings (SSSR count). The van der Waals surface area contributed by atoms with Crippen LogP contribution in [0.15, 0.2) is 67.0 Å². The zero-order valence-corrected chi connectivity index (χ0v) is 19.4. The van der Waals surface area contributed by atoms with Crippen LogP contribution in [0.2, 0.25) is 0 Å². The minimum absolute atomic E-state index is 0.0693. The number of pyridine rings is 2. The Labute approximate surface area is 194 Å². The first-order valence-electron chi connectivity index (χ1n) is 10.8. The number of carbonyl (C=O) groups excluding carboxylic acids is 1. The van der Waals surface area contributed by atoms with Gasteiger partial charge in [0, 0.05) is 24.5 Å². The fourth-order valence-electron chi connectivity index (χ4n) is 3.58. The third-order valence-electron chi connectivity index (χ3n) is 5.37. The predicted octanol–water partition coefficient (Wildman–Crippen LogP) is 5.43. The maximum atomic E-state index is 13.9. The van der Waals surface area contributed by atoms with Crippen molar-refractivity contribution in [3.05, 3.63) is 106 Å². The van der Waals surface area contributed by atoms with Crippen LogP contribution >= 0.6 is 0 Å². The van der Waals surface area contributed by atoms with Crippen molar-refractivity contribution >= 4 is 11.5 Å². The molecule has 2 aromatic heterocycles. The maximum Gasteiger partial charge on any atom is 0.251 e. The molecule has 0 fully saturated rings. The Morgan fingerprint density at radius 3 is 2.67 bits per heavy atom. The van der Waals surface area contributed by atoms with E-state index >= 15 is 0 Å². The van der Waals surface area contributed by atoms with E-state index in [2.05, 4.69) is 21.4 Å². The summed E-state index contributed by atoms with van der Waals surface area (Å²) in [5.74, 6) is -0.847. The highest BCUT2D eigenvalue weighted by Crippen LogP contribution is 2.21. The topological polar surface area (TPSA) is 64.1 Å². The molecule has 3 aromatic rings. The Bertz CT molecular complexity index is 1200. The third-order valence-corrected chi connectivity index (χ3v) is 5.37. The fourth-order valence-corrected chi connectivity index (χ4v) is 3.58. The second-order valence-electron chi connectivity index (χ2n) is 7.58. The van der Waals surface area contributed by atoms with Gasteiger partial charge in [-0.05, 0) is 79.3 Å². The van der Waals surface area contributed by atoms with Crippen molar-refractivity contribution in [3.63, 3.8) is 0 Å². The number of rotatable bonds is 8. The zero-order chi connectivity index (χ0) is 23.8. The number of carbonyl (C=O) groups is 1. The van der Waals surface area contributed by atoms with E-state index in [1.165, 1.54) is 19.4 Å². The van der Waals surface area contributed by atoms with Crippen LogP contribution in [0.5, 0.6) is 5.88 Å². The molecule has 0 atom stereocenters. The van der Waals surface area contributed by atoms with E-state index in [-0.39, 0.29) is 18.3 Å². The Hall–Kier alpha value is -3.80. The van der Waals surface area contributed by atoms with Gasteiger partial charge in [-0.2, -0.15) is 0 Å². The molecule has 2 heterocycles. The van der Waals surface area contributed by atoms with E-state index in [4.69, 9.17) is 4.74 Å². The second-order valence-corrected chi connectivity index (χ2v) is 7.58. The largest absolute Gasteiger partial charge is 0.479 e. The van der Waals surface area contributed by atoms with Gasteiger partial charge >= 0.3 is 0 Å². The van der Waals surface area contributed by atoms with Gasteiger partial charge in [0.2, 0.25) is 5.88 Å². The number of nitrogens with zero attached hydrogens (tertiary/aromatic N) is 2. The molecule has 0 spiro atoms. The number of amides is 1. The monoisotopic (exact) mass is 445 g/mol. The van der Waals surface area contributed by atoms with Crippen LogP contribution in [0.4, 0.5) is 4.39 Å². The van der Waals surface area contributed by atoms with E-state index in [1.54, 1.807) is 6.07 Å². The molecule has 0 radical (unpaired) electrons. The van der Waals surface area contributed by atoms with Gasteiger partial charge in [0.25, 0.3) is 5.91 Å². The number of ether oxygens (including phenoxy) is 1. The predicted molar refractivity (Wildman–Crippen MR) is 129 cm³/mol. The van der Waals surface area contributed by atoms with Crippen molar-refractivity contribution in [2.45, 2.75) is 33.7 Å². The van der Waals surface area contributed by atoms with Gasteiger partial charge in [-0.25, -0.2) is 9.37 Å². The van der Waals surface area contributed by atoms with E-state index in [0.717, 1.165) is 28.0 Å². The third kappa shape index (κ3) is 5.92. The molecule has 0 aliphatic rings. The van der Waals surface area contributed by atoms with Crippen molar-refractivity contribution in [1.82, 2.24) is 15.3 Å². The van der Waals surface area contributed by atoms with Gasteiger partial charge in [-0.15, -0.1) is 0 Å². The molecule has 5 nitrogen and oxygen atoms in total. The number of hydrogen-bond acceptors (Lipinski definition) is 4. The normalized spacial score (nSPS) is 11.6. The molecule has 0 saturated heterocycles. The lowest BCUT2D eigenvalue weighted by Gasteiger charge is -2.13. The van der Waals surface area contributed by atoms with Crippen LogP contribution in [0, 0.1) is 12.7 Å². The number of methoxy groups -OCH3 is 1. The van der Waals surface area contributed by atoms with Gasteiger partial charge in [0.1, 0.15) is 0 Å². The van der Waals surface area contributed by atoms with Gasteiger partial charge in [-0.3, -0.25) is 9.78 Å². The van der Waals surface area contributed by atoms with E-state index < -0.39 is 5.82 Å². The molecule has 1 amide bonds. The fraction of sp³-hybridized carbons (Fsp3) is 0.222. The van der Waals surface area contributed by atoms with Crippen LogP contribution in [-0.4, -0.2) is 23.0 Å². The summed E-state index contributed by atoms with van der Waals surface area (Å²) in [5.41, 5.74) is 6.21. The first kappa shape index (κ1) is 23.9. The van der Waals surface area contributed by atoms with E-state index in [1.807, 2.05) is 63.4 Å². The van der Waals surface area contributed by atoms with Gasteiger partial charge in [0.05, 0.1) is 12.8 Å². The van der Waals surface area contributed by atoms with Gasteiger partial charge in [-0.1, -0.05) is 30.4 Å². The number of nitrogens with one attached hydrogen (secondary N) is 1. The van der Waals surface area contributed by atoms with Crippen molar-refractivity contribution in [2.75, 3.05) is 7.11 Å². The standard InChI is InChI=1S/C27H28FN3O2/c1-5-8-21(6-2)25-15-19(11-12-29-25)13-22-9-7-10-23(18(22)3)26(32)30-16-20-14-24(28)27(33-4)31-17-20/h5-12,14-15,17H,13,16H2,1-4H3,(H,30,32)/b8-5-,21-6+. The lowest BCUT2D eigenvalue weighted by molar-refractivity contribution is 0.0950. The molecule has 0 aliphatic heterocycles. The smallest absolute Gasteiger partial charge is 0.251 e. The molecule has 0 bridgehead atoms. The summed E-state index contributed by atoms with van der Waals surface area (Å²) in [5, 5.41) is 2.85. The van der Waals surface area contributed by atoms with Crippen molar-refractivity contribution in [1.29, 1.82) is 0 Å². The summed E-state index contributed by atoms with van der Waals surface area (Å²) < 4.78 is 18.7. The molecule has 170 valence electrons. The Morgan fingerprint density at radius 1 is 1.15 bits per heavy atom. The first-order chi connectivity index (χ1) is 16.0. The minimum Gasteiger partial charge on any atom is -0.479 e. The summed E-state index contributed by atoms with van der Waals surface area (Å²) in [6, 6.07) is 11.1. The van der Waals surface area contributed by atoms with E-state index in [9.17, 15) is 9.18 Å². The highest BCUT2D eigenvalue weighted by atomic mass is 19.1. The van der Waals surface area contributed by atoms with Crippen LogP contribution in [0.3, 0.4) is 0 Å². The van der Waals surface area contributed by atoms with Crippen molar-refractivity contribution in [3.8, 4) is 5.88 Å². The average molecular weight is 446 g/mol. The summed E-state index contributed by atoms with van der Waals surface area (Å²) in [6.45, 7) is 6.08. The Morgan fingerprint density at radius 2 is 1.97 bits per heavy atom. The summed E-state index contributed by atoms with van der Waals surface area (Å²) in [6.07, 6.45) is 10.0. The molecular weight excluding hydrogens is 417 g/mol. The summed E-state index contributed by atoms with van der Waals surface area (Å²) in [4.78, 5) is 21.2. The van der Waals surface area contributed by atoms with Crippen LogP contribution in [0.25, 0.3) is 5.57 Å². The molecule has 33 heavy (non-hydrogen) atoms. The molecule has 1 aromatic carbocycles. The number of benzene rings is 1. The van der Waals surface area contributed by atoms with Gasteiger partial charge in [0.15, 0.2) is 5.82 Å². The summed E-state index contributed by atoms with van der Waals surface area (Å²) >= 11 is 0. The Kier molecular flexibility index (Phi) is 8.08. The number of allylic oxidation sites excluding steroid dienone is 4. The highest BCUT2D eigenvalue weighted by Gasteiger charge is 2.13. The lowest BCUT2D eigenvalue weighted by atomic mass is 9.96. The van der Waals surface area contributed by atoms with Crippen LogP contribution in [-0.2, 0) is 13.0 Å². The summed E-state index contributed by atoms with van der Waals surface area (Å²) in [7, 11) is 1.36. The van der Waals surface area contributed by atoms with Crippen LogP contribution in [0.1, 0.15) is 52.2 Å². The second kappa shape index (κ2) is 11.2. The number of hydrogen-bond donors (Lipinski definition) is 1. The van der Waals surface area contributed by atoms with Crippen molar-refractivity contribution < 1.29 is 13.9 Å².